The Kier molecular flexibility index (Phi) is 6.34. The molecule has 1 N–H and O–H groups in total. The van der Waals surface area contributed by atoms with Crippen LogP contribution in [0.5, 0.6) is 0 Å². The van der Waals surface area contributed by atoms with E-state index in [9.17, 15) is 14.4 Å². The summed E-state index contributed by atoms with van der Waals surface area (Å²) in [6.45, 7) is 2.55. The van der Waals surface area contributed by atoms with Crippen molar-refractivity contribution in [1.82, 2.24) is 29.4 Å². The van der Waals surface area contributed by atoms with Gasteiger partial charge in [-0.1, -0.05) is 18.1 Å². The fourth-order valence-electron chi connectivity index (χ4n) is 3.90. The molecular weight excluding hydrogens is 470 g/mol. The van der Waals surface area contributed by atoms with Crippen LogP contribution in [0.1, 0.15) is 28.5 Å². The zero-order chi connectivity index (χ0) is 25.9. The normalized spacial score (nSPS) is 13.3. The van der Waals surface area contributed by atoms with E-state index in [0.29, 0.717) is 47.1 Å². The van der Waals surface area contributed by atoms with Crippen LogP contribution in [-0.2, 0) is 9.59 Å². The number of nitrogens with zero attached hydrogens (tertiary/aromatic N) is 6. The van der Waals surface area contributed by atoms with Crippen LogP contribution in [0, 0.1) is 11.8 Å². The van der Waals surface area contributed by atoms with E-state index in [1.807, 2.05) is 24.3 Å². The number of likely N-dealkylation sites (N-methyl/N-ethyl adjacent to an activating group) is 1. The first-order valence-corrected chi connectivity index (χ1v) is 11.6. The quantitative estimate of drug-likeness (QED) is 0.437. The maximum absolute atomic E-state index is 12.8. The number of benzene rings is 1. The standard InChI is InChI=1S/C27H23N7O3/c1-18(35)30-24-15-19(11-12-28-24)3-8-22-16-29-25-10-9-23(31-34(22)25)20-4-6-21(7-5-20)27(37)33-14-13-32(2)26(36)17-33/h4-7,9-12,15-16H,13-14,17H2,1-2H3,(H,28,30,35). The van der Waals surface area contributed by atoms with Gasteiger partial charge in [0.25, 0.3) is 5.91 Å². The number of carbonyl (C=O) groups is 3. The van der Waals surface area contributed by atoms with Crippen molar-refractivity contribution in [2.75, 3.05) is 32.0 Å². The van der Waals surface area contributed by atoms with E-state index in [1.54, 1.807) is 58.0 Å². The molecule has 0 aliphatic carbocycles. The number of rotatable bonds is 3. The van der Waals surface area contributed by atoms with E-state index in [1.165, 1.54) is 6.92 Å². The predicted octanol–water partition coefficient (Wildman–Crippen LogP) is 2.06. The van der Waals surface area contributed by atoms with Crippen LogP contribution in [0.2, 0.25) is 0 Å². The summed E-state index contributed by atoms with van der Waals surface area (Å²) in [5.41, 5.74) is 3.97. The first-order chi connectivity index (χ1) is 17.9. The van der Waals surface area contributed by atoms with E-state index >= 15 is 0 Å². The number of hydrogen-bond acceptors (Lipinski definition) is 6. The molecule has 0 atom stereocenters. The molecule has 0 bridgehead atoms. The van der Waals surface area contributed by atoms with Gasteiger partial charge in [0.15, 0.2) is 5.65 Å². The van der Waals surface area contributed by atoms with Crippen molar-refractivity contribution in [2.45, 2.75) is 6.92 Å². The Hall–Kier alpha value is -5.04. The van der Waals surface area contributed by atoms with E-state index in [-0.39, 0.29) is 24.3 Å². The van der Waals surface area contributed by atoms with Gasteiger partial charge < -0.3 is 15.1 Å². The summed E-state index contributed by atoms with van der Waals surface area (Å²) in [5.74, 6) is 6.13. The average molecular weight is 494 g/mol. The molecule has 4 heterocycles. The monoisotopic (exact) mass is 493 g/mol. The third-order valence-electron chi connectivity index (χ3n) is 5.93. The van der Waals surface area contributed by atoms with Crippen molar-refractivity contribution in [3.05, 3.63) is 77.7 Å². The number of hydrogen-bond donors (Lipinski definition) is 1. The molecule has 1 aromatic carbocycles. The molecule has 10 nitrogen and oxygen atoms in total. The van der Waals surface area contributed by atoms with E-state index in [2.05, 4.69) is 27.1 Å². The van der Waals surface area contributed by atoms with E-state index in [4.69, 9.17) is 5.10 Å². The Labute approximate surface area is 212 Å². The summed E-state index contributed by atoms with van der Waals surface area (Å²) < 4.78 is 1.66. The lowest BCUT2D eigenvalue weighted by Gasteiger charge is -2.32. The Bertz CT molecular complexity index is 1580. The molecule has 0 spiro atoms. The number of carbonyl (C=O) groups excluding carboxylic acids is 3. The van der Waals surface area contributed by atoms with Gasteiger partial charge in [-0.3, -0.25) is 14.4 Å². The topological polar surface area (TPSA) is 113 Å². The summed E-state index contributed by atoms with van der Waals surface area (Å²) in [5, 5.41) is 7.33. The van der Waals surface area contributed by atoms with Crippen molar-refractivity contribution < 1.29 is 14.4 Å². The van der Waals surface area contributed by atoms with Gasteiger partial charge in [-0.15, -0.1) is 0 Å². The van der Waals surface area contributed by atoms with Crippen molar-refractivity contribution in [3.63, 3.8) is 0 Å². The van der Waals surface area contributed by atoms with Crippen LogP contribution in [0.3, 0.4) is 0 Å². The molecule has 1 saturated heterocycles. The minimum atomic E-state index is -0.206. The van der Waals surface area contributed by atoms with Gasteiger partial charge in [0.05, 0.1) is 11.9 Å². The zero-order valence-corrected chi connectivity index (χ0v) is 20.3. The molecule has 1 aliphatic rings. The minimum absolute atomic E-state index is 0.0648. The Morgan fingerprint density at radius 1 is 1.00 bits per heavy atom. The number of amides is 3. The van der Waals surface area contributed by atoms with E-state index in [0.717, 1.165) is 5.56 Å². The predicted molar refractivity (Wildman–Crippen MR) is 136 cm³/mol. The number of fused-ring (bicyclic) bond motifs is 1. The Balaban J connectivity index is 1.37. The molecule has 184 valence electrons. The van der Waals surface area contributed by atoms with Crippen LogP contribution in [-0.4, -0.2) is 73.8 Å². The second kappa shape index (κ2) is 9.91. The van der Waals surface area contributed by atoms with Gasteiger partial charge in [-0.25, -0.2) is 14.5 Å². The smallest absolute Gasteiger partial charge is 0.254 e. The first-order valence-electron chi connectivity index (χ1n) is 11.6. The molecule has 3 aromatic heterocycles. The fourth-order valence-corrected chi connectivity index (χ4v) is 3.90. The summed E-state index contributed by atoms with van der Waals surface area (Å²) in [7, 11) is 1.74. The maximum Gasteiger partial charge on any atom is 0.254 e. The second-order valence-corrected chi connectivity index (χ2v) is 8.61. The molecule has 4 aromatic rings. The molecule has 1 fully saturated rings. The van der Waals surface area contributed by atoms with Crippen LogP contribution >= 0.6 is 0 Å². The number of anilines is 1. The molecule has 0 radical (unpaired) electrons. The second-order valence-electron chi connectivity index (χ2n) is 8.61. The zero-order valence-electron chi connectivity index (χ0n) is 20.3. The molecule has 0 unspecified atom stereocenters. The van der Waals surface area contributed by atoms with Crippen LogP contribution < -0.4 is 5.32 Å². The van der Waals surface area contributed by atoms with Crippen molar-refractivity contribution >= 4 is 29.2 Å². The maximum atomic E-state index is 12.8. The highest BCUT2D eigenvalue weighted by Gasteiger charge is 2.25. The third-order valence-corrected chi connectivity index (χ3v) is 5.93. The van der Waals surface area contributed by atoms with Gasteiger partial charge in [0.2, 0.25) is 11.8 Å². The highest BCUT2D eigenvalue weighted by Crippen LogP contribution is 2.20. The van der Waals surface area contributed by atoms with Gasteiger partial charge in [-0.2, -0.15) is 5.10 Å². The highest BCUT2D eigenvalue weighted by atomic mass is 16.2. The summed E-state index contributed by atoms with van der Waals surface area (Å²) in [6.07, 6.45) is 3.23. The lowest BCUT2D eigenvalue weighted by atomic mass is 10.1. The fraction of sp³-hybridized carbons (Fsp3) is 0.185. The lowest BCUT2D eigenvalue weighted by Crippen LogP contribution is -2.50. The SMILES string of the molecule is CC(=O)Nc1cc(C#Cc2cnc3ccc(-c4ccc(C(=O)N5CCN(C)C(=O)C5)cc4)nn23)ccn1. The largest absolute Gasteiger partial charge is 0.342 e. The summed E-state index contributed by atoms with van der Waals surface area (Å²) >= 11 is 0. The number of aromatic nitrogens is 4. The molecule has 1 aliphatic heterocycles. The molecule has 0 saturated carbocycles. The Morgan fingerprint density at radius 2 is 1.81 bits per heavy atom. The highest BCUT2D eigenvalue weighted by molar-refractivity contribution is 5.97. The number of nitrogens with one attached hydrogen (secondary N) is 1. The van der Waals surface area contributed by atoms with Crippen molar-refractivity contribution in [3.8, 4) is 23.1 Å². The molecule has 3 amide bonds. The number of pyridine rings is 1. The number of imidazole rings is 1. The van der Waals surface area contributed by atoms with Gasteiger partial charge in [0.1, 0.15) is 18.1 Å². The van der Waals surface area contributed by atoms with Crippen LogP contribution in [0.4, 0.5) is 5.82 Å². The summed E-state index contributed by atoms with van der Waals surface area (Å²) in [6, 6.07) is 14.3. The van der Waals surface area contributed by atoms with Crippen LogP contribution in [0.25, 0.3) is 16.9 Å². The van der Waals surface area contributed by atoms with Crippen molar-refractivity contribution in [2.24, 2.45) is 0 Å². The Morgan fingerprint density at radius 3 is 2.57 bits per heavy atom. The molecule has 5 rings (SSSR count). The molecular formula is C27H23N7O3. The van der Waals surface area contributed by atoms with Gasteiger partial charge in [-0.05, 0) is 42.3 Å². The molecule has 37 heavy (non-hydrogen) atoms. The first kappa shape index (κ1) is 23.7. The van der Waals surface area contributed by atoms with Gasteiger partial charge >= 0.3 is 0 Å². The van der Waals surface area contributed by atoms with Crippen LogP contribution in [0.15, 0.2) is 60.9 Å². The van der Waals surface area contributed by atoms with E-state index < -0.39 is 0 Å². The van der Waals surface area contributed by atoms with Gasteiger partial charge in [0, 0.05) is 49.9 Å². The van der Waals surface area contributed by atoms with Crippen molar-refractivity contribution in [1.29, 1.82) is 0 Å². The minimum Gasteiger partial charge on any atom is -0.342 e. The summed E-state index contributed by atoms with van der Waals surface area (Å²) in [4.78, 5) is 47.7. The number of piperazine rings is 1. The molecule has 10 heteroatoms. The lowest BCUT2D eigenvalue weighted by molar-refractivity contribution is -0.133. The average Bonchev–Trinajstić information content (AvgIpc) is 3.31. The third kappa shape index (κ3) is 5.16.